The molecule has 0 N–H and O–H groups in total. The van der Waals surface area contributed by atoms with E-state index in [2.05, 4.69) is 210 Å². The van der Waals surface area contributed by atoms with E-state index in [0.717, 1.165) is 39.0 Å². The van der Waals surface area contributed by atoms with E-state index in [1.54, 1.807) is 0 Å². The van der Waals surface area contributed by atoms with Crippen LogP contribution in [-0.2, 0) is 5.41 Å². The van der Waals surface area contributed by atoms with Gasteiger partial charge in [0, 0.05) is 32.8 Å². The van der Waals surface area contributed by atoms with Crippen molar-refractivity contribution in [3.05, 3.63) is 229 Å². The lowest BCUT2D eigenvalue weighted by atomic mass is 9.65. The third kappa shape index (κ3) is 4.02. The quantitative estimate of drug-likeness (QED) is 0.179. The third-order valence-electron chi connectivity index (χ3n) is 12.8. The minimum Gasteiger partial charge on any atom is -0.454 e. The number of hydrogen-bond donors (Lipinski definition) is 0. The Balaban J connectivity index is 1.14. The van der Waals surface area contributed by atoms with E-state index in [4.69, 9.17) is 4.42 Å². The maximum absolute atomic E-state index is 6.81. The van der Waals surface area contributed by atoms with Crippen molar-refractivity contribution in [1.82, 2.24) is 4.57 Å². The molecule has 0 saturated carbocycles. The molecule has 2 aliphatic rings. The smallest absolute Gasteiger partial charge is 0.159 e. The maximum atomic E-state index is 6.81. The molecule has 0 radical (unpaired) electrons. The molecule has 13 rings (SSSR count). The van der Waals surface area contributed by atoms with Gasteiger partial charge >= 0.3 is 0 Å². The van der Waals surface area contributed by atoms with Crippen molar-refractivity contribution in [3.8, 4) is 27.9 Å². The molecule has 3 heteroatoms. The fourth-order valence-electron chi connectivity index (χ4n) is 10.5. The molecule has 1 aliphatic heterocycles. The predicted molar refractivity (Wildman–Crippen MR) is 239 cm³/mol. The molecule has 3 heterocycles. The Bertz CT molecular complexity index is 3460. The van der Waals surface area contributed by atoms with Crippen molar-refractivity contribution in [2.24, 2.45) is 0 Å². The summed E-state index contributed by atoms with van der Waals surface area (Å²) in [5, 5.41) is 4.77. The van der Waals surface area contributed by atoms with Crippen molar-refractivity contribution in [1.29, 1.82) is 0 Å². The highest BCUT2D eigenvalue weighted by Crippen LogP contribution is 2.63. The van der Waals surface area contributed by atoms with E-state index in [1.807, 2.05) is 6.07 Å². The zero-order chi connectivity index (χ0) is 38.0. The zero-order valence-corrected chi connectivity index (χ0v) is 31.4. The summed E-state index contributed by atoms with van der Waals surface area (Å²) in [5.74, 6) is 0. The Kier molecular flexibility index (Phi) is 6.37. The van der Waals surface area contributed by atoms with Crippen molar-refractivity contribution < 1.29 is 4.42 Å². The van der Waals surface area contributed by atoms with Crippen LogP contribution in [-0.4, -0.2) is 4.57 Å². The van der Waals surface area contributed by atoms with Crippen molar-refractivity contribution in [2.75, 3.05) is 4.90 Å². The predicted octanol–water partition coefficient (Wildman–Crippen LogP) is 14.5. The fraction of sp³-hybridized carbons (Fsp3) is 0.0182. The topological polar surface area (TPSA) is 21.3 Å². The molecular formula is C55H34N2O. The Morgan fingerprint density at radius 3 is 1.93 bits per heavy atom. The highest BCUT2D eigenvalue weighted by atomic mass is 16.3. The molecule has 0 fully saturated rings. The second kappa shape index (κ2) is 11.7. The summed E-state index contributed by atoms with van der Waals surface area (Å²) in [6.07, 6.45) is 0. The molecule has 0 amide bonds. The SMILES string of the molecule is c1ccc(-c2ccc(N(c3cccc4c3-c3ccccc3C43c4ccccc4-n4c5ccccc5c5cccc3c54)c3cccc4c3oc3ccccc34)cc2)cc1. The van der Waals surface area contributed by atoms with Gasteiger partial charge in [-0.05, 0) is 81.4 Å². The van der Waals surface area contributed by atoms with Crippen LogP contribution in [0.3, 0.4) is 0 Å². The van der Waals surface area contributed by atoms with Gasteiger partial charge in [-0.2, -0.15) is 0 Å². The van der Waals surface area contributed by atoms with Gasteiger partial charge in [-0.3, -0.25) is 0 Å². The zero-order valence-electron chi connectivity index (χ0n) is 31.4. The number of fused-ring (bicyclic) bond motifs is 15. The average Bonchev–Trinajstić information content (AvgIpc) is 3.94. The van der Waals surface area contributed by atoms with Crippen LogP contribution in [0.1, 0.15) is 22.3 Å². The first-order valence-corrected chi connectivity index (χ1v) is 20.0. The molecule has 1 aliphatic carbocycles. The monoisotopic (exact) mass is 738 g/mol. The van der Waals surface area contributed by atoms with E-state index in [1.165, 1.54) is 72.0 Å². The highest BCUT2D eigenvalue weighted by Gasteiger charge is 2.51. The van der Waals surface area contributed by atoms with Crippen LogP contribution in [0.15, 0.2) is 211 Å². The molecule has 1 atom stereocenters. The minimum absolute atomic E-state index is 0.559. The molecule has 3 nitrogen and oxygen atoms in total. The van der Waals surface area contributed by atoms with Gasteiger partial charge in [0.15, 0.2) is 5.58 Å². The Labute approximate surface area is 335 Å². The molecule has 2 aromatic heterocycles. The lowest BCUT2D eigenvalue weighted by Crippen LogP contribution is -2.33. The highest BCUT2D eigenvalue weighted by molar-refractivity contribution is 6.14. The van der Waals surface area contributed by atoms with Gasteiger partial charge in [0.05, 0.1) is 33.5 Å². The molecule has 58 heavy (non-hydrogen) atoms. The summed E-state index contributed by atoms with van der Waals surface area (Å²) in [5.41, 5.74) is 18.1. The molecule has 0 saturated heterocycles. The molecule has 11 aromatic rings. The summed E-state index contributed by atoms with van der Waals surface area (Å²) >= 11 is 0. The summed E-state index contributed by atoms with van der Waals surface area (Å²) in [6.45, 7) is 0. The van der Waals surface area contributed by atoms with E-state index in [-0.39, 0.29) is 0 Å². The Morgan fingerprint density at radius 1 is 0.414 bits per heavy atom. The lowest BCUT2D eigenvalue weighted by Gasteiger charge is -2.39. The first-order chi connectivity index (χ1) is 28.8. The molecule has 9 aromatic carbocycles. The van der Waals surface area contributed by atoms with Crippen LogP contribution >= 0.6 is 0 Å². The number of nitrogens with zero attached hydrogens (tertiary/aromatic N) is 2. The number of rotatable bonds is 4. The van der Waals surface area contributed by atoms with Gasteiger partial charge in [-0.25, -0.2) is 0 Å². The third-order valence-corrected chi connectivity index (χ3v) is 12.8. The summed E-state index contributed by atoms with van der Waals surface area (Å²) in [7, 11) is 0. The van der Waals surface area contributed by atoms with Gasteiger partial charge in [0.25, 0.3) is 0 Å². The molecule has 0 bridgehead atoms. The largest absolute Gasteiger partial charge is 0.454 e. The second-order valence-electron chi connectivity index (χ2n) is 15.6. The number of para-hydroxylation sites is 5. The number of furan rings is 1. The van der Waals surface area contributed by atoms with Crippen molar-refractivity contribution in [3.63, 3.8) is 0 Å². The first-order valence-electron chi connectivity index (χ1n) is 20.0. The van der Waals surface area contributed by atoms with Gasteiger partial charge in [0.2, 0.25) is 0 Å². The van der Waals surface area contributed by atoms with Crippen molar-refractivity contribution >= 4 is 60.8 Å². The average molecular weight is 739 g/mol. The molecular weight excluding hydrogens is 705 g/mol. The van der Waals surface area contributed by atoms with E-state index >= 15 is 0 Å². The second-order valence-corrected chi connectivity index (χ2v) is 15.6. The van der Waals surface area contributed by atoms with Crippen LogP contribution in [0.2, 0.25) is 0 Å². The van der Waals surface area contributed by atoms with Gasteiger partial charge < -0.3 is 13.9 Å². The summed E-state index contributed by atoms with van der Waals surface area (Å²) < 4.78 is 9.32. The van der Waals surface area contributed by atoms with Gasteiger partial charge in [-0.1, -0.05) is 164 Å². The van der Waals surface area contributed by atoms with Gasteiger partial charge in [-0.15, -0.1) is 0 Å². The lowest BCUT2D eigenvalue weighted by molar-refractivity contribution is 0.669. The van der Waals surface area contributed by atoms with Crippen molar-refractivity contribution in [2.45, 2.75) is 5.41 Å². The van der Waals surface area contributed by atoms with Crippen LogP contribution in [0, 0.1) is 0 Å². The normalized spacial score (nSPS) is 15.0. The Hall–Kier alpha value is -7.62. The fourth-order valence-corrected chi connectivity index (χ4v) is 10.5. The standard InChI is InChI=1S/C55H34N2O/c1-2-15-35(16-3-1)36-31-33-37(34-32-36)56(50-29-13-21-41-39-18-6-11-30-51(39)58-54(41)50)49-28-14-24-45-52(49)42-19-4-7-22-43(42)55(45)44-23-8-10-27-48(44)57-47-26-9-5-17-38(47)40-20-12-25-46(55)53(40)57/h1-34H. The molecule has 1 unspecified atom stereocenters. The van der Waals surface area contributed by atoms with Crippen LogP contribution in [0.25, 0.3) is 71.7 Å². The number of anilines is 3. The summed E-state index contributed by atoms with van der Waals surface area (Å²) in [6, 6.07) is 75.5. The minimum atomic E-state index is -0.559. The maximum Gasteiger partial charge on any atom is 0.159 e. The number of benzene rings is 9. The number of aromatic nitrogens is 1. The first kappa shape index (κ1) is 31.6. The molecule has 1 spiro atoms. The van der Waals surface area contributed by atoms with E-state index in [9.17, 15) is 0 Å². The summed E-state index contributed by atoms with van der Waals surface area (Å²) in [4.78, 5) is 2.43. The van der Waals surface area contributed by atoms with Crippen LogP contribution < -0.4 is 4.90 Å². The van der Waals surface area contributed by atoms with Crippen LogP contribution in [0.4, 0.5) is 17.1 Å². The van der Waals surface area contributed by atoms with Crippen LogP contribution in [0.5, 0.6) is 0 Å². The van der Waals surface area contributed by atoms with Gasteiger partial charge in [0.1, 0.15) is 5.58 Å². The van der Waals surface area contributed by atoms with E-state index < -0.39 is 5.41 Å². The molecule has 270 valence electrons. The van der Waals surface area contributed by atoms with E-state index in [0.29, 0.717) is 0 Å². The number of hydrogen-bond acceptors (Lipinski definition) is 2. The Morgan fingerprint density at radius 2 is 1.03 bits per heavy atom.